The zero-order chi connectivity index (χ0) is 20.9. The summed E-state index contributed by atoms with van der Waals surface area (Å²) in [6.07, 6.45) is 5.19. The molecule has 158 valence electrons. The lowest BCUT2D eigenvalue weighted by atomic mass is 9.76. The summed E-state index contributed by atoms with van der Waals surface area (Å²) in [5, 5.41) is 10.5. The molecule has 1 amide bonds. The highest BCUT2D eigenvalue weighted by atomic mass is 16.5. The van der Waals surface area contributed by atoms with Gasteiger partial charge in [0.1, 0.15) is 5.82 Å². The van der Waals surface area contributed by atoms with Gasteiger partial charge in [-0.25, -0.2) is 0 Å². The van der Waals surface area contributed by atoms with Crippen molar-refractivity contribution in [1.82, 2.24) is 14.5 Å². The minimum Gasteiger partial charge on any atom is -0.501 e. The molecule has 0 bridgehead atoms. The molecule has 1 saturated carbocycles. The summed E-state index contributed by atoms with van der Waals surface area (Å²) in [6, 6.07) is 10.4. The lowest BCUT2D eigenvalue weighted by molar-refractivity contribution is -0.112. The topological polar surface area (TPSA) is 84.7 Å². The van der Waals surface area contributed by atoms with Crippen molar-refractivity contribution in [2.75, 3.05) is 6.61 Å². The predicted molar refractivity (Wildman–Crippen MR) is 110 cm³/mol. The van der Waals surface area contributed by atoms with E-state index in [0.717, 1.165) is 32.1 Å². The second-order valence-electron chi connectivity index (χ2n) is 8.85. The number of hydrogen-bond donors (Lipinski definition) is 1. The molecule has 1 saturated heterocycles. The summed E-state index contributed by atoms with van der Waals surface area (Å²) in [5.74, 6) is -0.342. The van der Waals surface area contributed by atoms with Crippen LogP contribution in [0, 0.1) is 0 Å². The lowest BCUT2D eigenvalue weighted by Gasteiger charge is -2.44. The van der Waals surface area contributed by atoms with Crippen LogP contribution in [0.5, 0.6) is 5.75 Å². The molecule has 2 atom stereocenters. The van der Waals surface area contributed by atoms with Crippen molar-refractivity contribution < 1.29 is 14.6 Å². The average Bonchev–Trinajstić information content (AvgIpc) is 3.22. The van der Waals surface area contributed by atoms with Crippen LogP contribution in [-0.4, -0.2) is 44.3 Å². The Hall–Kier alpha value is -2.67. The Morgan fingerprint density at radius 3 is 2.67 bits per heavy atom. The third kappa shape index (κ3) is 2.95. The van der Waals surface area contributed by atoms with Gasteiger partial charge in [-0.15, -0.1) is 0 Å². The number of amides is 1. The van der Waals surface area contributed by atoms with Crippen molar-refractivity contribution in [3.05, 3.63) is 57.8 Å². The van der Waals surface area contributed by atoms with Gasteiger partial charge >= 0.3 is 5.56 Å². The highest BCUT2D eigenvalue weighted by Crippen LogP contribution is 2.44. The maximum absolute atomic E-state index is 13.3. The SMILES string of the molecule is C[C@@H]1CCO[C@H]2Cn3c(CC4(c5ccccc5)CCCC4)nc(=O)c(O)c3C(=O)N12. The molecule has 3 aliphatic rings. The Bertz CT molecular complexity index is 1030. The minimum atomic E-state index is -0.727. The van der Waals surface area contributed by atoms with E-state index in [4.69, 9.17) is 4.74 Å². The average molecular weight is 409 g/mol. The Kier molecular flexibility index (Phi) is 4.65. The maximum Gasteiger partial charge on any atom is 0.315 e. The molecule has 1 aromatic heterocycles. The first-order valence-electron chi connectivity index (χ1n) is 10.8. The Morgan fingerprint density at radius 2 is 1.93 bits per heavy atom. The fourth-order valence-electron chi connectivity index (χ4n) is 5.48. The number of nitrogens with zero attached hydrogens (tertiary/aromatic N) is 3. The zero-order valence-electron chi connectivity index (χ0n) is 17.2. The third-order valence-corrected chi connectivity index (χ3v) is 7.09. The summed E-state index contributed by atoms with van der Waals surface area (Å²) in [4.78, 5) is 31.7. The van der Waals surface area contributed by atoms with E-state index < -0.39 is 17.5 Å². The molecule has 3 heterocycles. The molecule has 2 aromatic rings. The summed E-state index contributed by atoms with van der Waals surface area (Å²) in [5.41, 5.74) is 0.458. The van der Waals surface area contributed by atoms with Crippen molar-refractivity contribution in [3.8, 4) is 5.75 Å². The van der Waals surface area contributed by atoms with Gasteiger partial charge in [0.2, 0.25) is 5.75 Å². The van der Waals surface area contributed by atoms with Crippen LogP contribution >= 0.6 is 0 Å². The van der Waals surface area contributed by atoms with Crippen LogP contribution in [0.2, 0.25) is 0 Å². The number of carbonyl (C=O) groups excluding carboxylic acids is 1. The van der Waals surface area contributed by atoms with Gasteiger partial charge < -0.3 is 19.3 Å². The van der Waals surface area contributed by atoms with Gasteiger partial charge in [0, 0.05) is 17.9 Å². The summed E-state index contributed by atoms with van der Waals surface area (Å²) in [6.45, 7) is 2.95. The van der Waals surface area contributed by atoms with E-state index in [1.165, 1.54) is 5.56 Å². The van der Waals surface area contributed by atoms with E-state index in [-0.39, 0.29) is 23.1 Å². The highest BCUT2D eigenvalue weighted by molar-refractivity contribution is 5.96. The second-order valence-corrected chi connectivity index (χ2v) is 8.85. The lowest BCUT2D eigenvalue weighted by Crippen LogP contribution is -2.57. The summed E-state index contributed by atoms with van der Waals surface area (Å²) in [7, 11) is 0. The number of aromatic nitrogens is 2. The quantitative estimate of drug-likeness (QED) is 0.842. The van der Waals surface area contributed by atoms with Gasteiger partial charge in [-0.2, -0.15) is 4.98 Å². The van der Waals surface area contributed by atoms with Gasteiger partial charge in [0.05, 0.1) is 13.2 Å². The van der Waals surface area contributed by atoms with Crippen molar-refractivity contribution in [1.29, 1.82) is 0 Å². The Balaban J connectivity index is 1.62. The number of benzene rings is 1. The molecule has 0 unspecified atom stereocenters. The van der Waals surface area contributed by atoms with Gasteiger partial charge in [0.15, 0.2) is 11.9 Å². The van der Waals surface area contributed by atoms with Crippen molar-refractivity contribution in [3.63, 3.8) is 0 Å². The number of ether oxygens (including phenoxy) is 1. The van der Waals surface area contributed by atoms with E-state index in [1.54, 1.807) is 9.47 Å². The van der Waals surface area contributed by atoms with Crippen LogP contribution in [0.25, 0.3) is 0 Å². The van der Waals surface area contributed by atoms with Crippen molar-refractivity contribution >= 4 is 5.91 Å². The number of aromatic hydroxyl groups is 1. The first-order chi connectivity index (χ1) is 14.5. The molecule has 2 aliphatic heterocycles. The normalized spacial score (nSPS) is 25.1. The molecule has 30 heavy (non-hydrogen) atoms. The van der Waals surface area contributed by atoms with Crippen molar-refractivity contribution in [2.45, 2.75) is 69.7 Å². The van der Waals surface area contributed by atoms with Gasteiger partial charge in [-0.1, -0.05) is 43.2 Å². The smallest absolute Gasteiger partial charge is 0.315 e. The second kappa shape index (κ2) is 7.23. The van der Waals surface area contributed by atoms with Crippen molar-refractivity contribution in [2.24, 2.45) is 0 Å². The monoisotopic (exact) mass is 409 g/mol. The van der Waals surface area contributed by atoms with E-state index in [9.17, 15) is 14.7 Å². The molecule has 7 heteroatoms. The van der Waals surface area contributed by atoms with Crippen LogP contribution in [-0.2, 0) is 23.1 Å². The van der Waals surface area contributed by atoms with Gasteiger partial charge in [-0.3, -0.25) is 9.59 Å². The molecule has 1 N–H and O–H groups in total. The molecule has 1 aliphatic carbocycles. The molecular weight excluding hydrogens is 382 g/mol. The fraction of sp³-hybridized carbons (Fsp3) is 0.522. The largest absolute Gasteiger partial charge is 0.501 e. The van der Waals surface area contributed by atoms with E-state index in [0.29, 0.717) is 25.4 Å². The van der Waals surface area contributed by atoms with Gasteiger partial charge in [0.25, 0.3) is 5.91 Å². The van der Waals surface area contributed by atoms with E-state index in [1.807, 2.05) is 25.1 Å². The standard InChI is InChI=1S/C23H27N3O4/c1-15-9-12-30-18-14-25-17(24-21(28)20(27)19(25)22(29)26(15)18)13-23(10-5-6-11-23)16-7-3-2-4-8-16/h2-4,7-8,15,18,27H,5-6,9-14H2,1H3/t15-,18+/m1/s1. The number of carbonyl (C=O) groups is 1. The Labute approximate surface area is 175 Å². The fourth-order valence-corrected chi connectivity index (χ4v) is 5.48. The first kappa shape index (κ1) is 19.3. The van der Waals surface area contributed by atoms with Crippen LogP contribution in [0.15, 0.2) is 35.1 Å². The van der Waals surface area contributed by atoms with Crippen LogP contribution < -0.4 is 5.56 Å². The summed E-state index contributed by atoms with van der Waals surface area (Å²) >= 11 is 0. The molecule has 7 nitrogen and oxygen atoms in total. The van der Waals surface area contributed by atoms with Crippen LogP contribution in [0.4, 0.5) is 0 Å². The molecular formula is C23H27N3O4. The maximum atomic E-state index is 13.3. The Morgan fingerprint density at radius 1 is 1.20 bits per heavy atom. The molecule has 5 rings (SSSR count). The summed E-state index contributed by atoms with van der Waals surface area (Å²) < 4.78 is 7.62. The van der Waals surface area contributed by atoms with Gasteiger partial charge in [-0.05, 0) is 31.7 Å². The molecule has 0 spiro atoms. The van der Waals surface area contributed by atoms with E-state index >= 15 is 0 Å². The molecule has 0 radical (unpaired) electrons. The molecule has 2 fully saturated rings. The number of fused-ring (bicyclic) bond motifs is 2. The van der Waals surface area contributed by atoms with Crippen LogP contribution in [0.1, 0.15) is 60.9 Å². The third-order valence-electron chi connectivity index (χ3n) is 7.09. The van der Waals surface area contributed by atoms with Crippen LogP contribution in [0.3, 0.4) is 0 Å². The number of hydrogen-bond acceptors (Lipinski definition) is 5. The molecule has 1 aromatic carbocycles. The number of rotatable bonds is 3. The predicted octanol–water partition coefficient (Wildman–Crippen LogP) is 2.59. The highest BCUT2D eigenvalue weighted by Gasteiger charge is 2.43. The minimum absolute atomic E-state index is 0.00149. The zero-order valence-corrected chi connectivity index (χ0v) is 17.2. The van der Waals surface area contributed by atoms with E-state index in [2.05, 4.69) is 17.1 Å². The first-order valence-corrected chi connectivity index (χ1v) is 10.8.